The molecule has 0 unspecified atom stereocenters. The molecular formula is C26H34N8O3. The Hall–Kier alpha value is -4.15. The van der Waals surface area contributed by atoms with Crippen molar-refractivity contribution in [2.45, 2.75) is 39.8 Å². The van der Waals surface area contributed by atoms with Crippen LogP contribution in [0.15, 0.2) is 43.0 Å². The number of nitrogens with one attached hydrogen (secondary N) is 1. The van der Waals surface area contributed by atoms with E-state index < -0.39 is 11.7 Å². The van der Waals surface area contributed by atoms with Crippen LogP contribution < -0.4 is 15.1 Å². The normalized spacial score (nSPS) is 13.7. The van der Waals surface area contributed by atoms with E-state index >= 15 is 0 Å². The lowest BCUT2D eigenvalue weighted by molar-refractivity contribution is 0.0283. The van der Waals surface area contributed by atoms with Crippen LogP contribution in [0.5, 0.6) is 0 Å². The SMILES string of the molecule is CCNc1ncc2c(n1)N(C)CCN(c1cccc(-n3cnc(CN(C)C(=O)OC(C)(C)C)c3)c1)C2=O. The average molecular weight is 507 g/mol. The third-order valence-electron chi connectivity index (χ3n) is 5.78. The van der Waals surface area contributed by atoms with Crippen LogP contribution in [0.4, 0.5) is 22.2 Å². The number of amides is 2. The van der Waals surface area contributed by atoms with E-state index in [1.807, 2.05) is 74.7 Å². The van der Waals surface area contributed by atoms with Gasteiger partial charge in [-0.05, 0) is 45.9 Å². The van der Waals surface area contributed by atoms with Crippen molar-refractivity contribution in [2.75, 3.05) is 48.8 Å². The maximum absolute atomic E-state index is 13.5. The summed E-state index contributed by atoms with van der Waals surface area (Å²) < 4.78 is 7.29. The number of fused-ring (bicyclic) bond motifs is 1. The second-order valence-electron chi connectivity index (χ2n) is 9.97. The molecule has 4 rings (SSSR count). The summed E-state index contributed by atoms with van der Waals surface area (Å²) in [6.45, 7) is 9.60. The Morgan fingerprint density at radius 1 is 1.19 bits per heavy atom. The third kappa shape index (κ3) is 5.99. The van der Waals surface area contributed by atoms with E-state index in [0.29, 0.717) is 49.2 Å². The Morgan fingerprint density at radius 2 is 1.95 bits per heavy atom. The standard InChI is InChI=1S/C26H34N8O3/c1-7-27-24-28-14-21-22(30-24)31(5)11-12-34(23(21)35)20-10-8-9-19(13-20)33-16-18(29-17-33)15-32(6)25(36)37-26(2,3)4/h8-10,13-14,16-17H,7,11-12,15H2,1-6H3,(H,27,28,30). The Kier molecular flexibility index (Phi) is 7.33. The predicted octanol–water partition coefficient (Wildman–Crippen LogP) is 3.56. The molecule has 1 N–H and O–H groups in total. The van der Waals surface area contributed by atoms with E-state index in [9.17, 15) is 9.59 Å². The topological polar surface area (TPSA) is 109 Å². The second kappa shape index (κ2) is 10.5. The molecule has 1 aromatic carbocycles. The van der Waals surface area contributed by atoms with Gasteiger partial charge in [0.25, 0.3) is 5.91 Å². The molecule has 0 saturated heterocycles. The number of anilines is 3. The van der Waals surface area contributed by atoms with Crippen molar-refractivity contribution in [2.24, 2.45) is 0 Å². The molecule has 11 heteroatoms. The number of hydrogen-bond donors (Lipinski definition) is 1. The number of aromatic nitrogens is 4. The number of carbonyl (C=O) groups is 2. The van der Waals surface area contributed by atoms with Crippen molar-refractivity contribution in [3.05, 3.63) is 54.2 Å². The van der Waals surface area contributed by atoms with Gasteiger partial charge in [-0.1, -0.05) is 6.07 Å². The summed E-state index contributed by atoms with van der Waals surface area (Å²) in [6.07, 6.45) is 4.74. The van der Waals surface area contributed by atoms with Gasteiger partial charge in [0.05, 0.1) is 18.6 Å². The van der Waals surface area contributed by atoms with Crippen molar-refractivity contribution in [1.82, 2.24) is 24.4 Å². The maximum atomic E-state index is 13.5. The predicted molar refractivity (Wildman–Crippen MR) is 142 cm³/mol. The summed E-state index contributed by atoms with van der Waals surface area (Å²) >= 11 is 0. The fourth-order valence-electron chi connectivity index (χ4n) is 3.96. The van der Waals surface area contributed by atoms with Crippen LogP contribution in [0, 0.1) is 0 Å². The van der Waals surface area contributed by atoms with Crippen molar-refractivity contribution >= 4 is 29.5 Å². The first-order chi connectivity index (χ1) is 17.6. The highest BCUT2D eigenvalue weighted by atomic mass is 16.6. The molecule has 0 fully saturated rings. The van der Waals surface area contributed by atoms with Crippen molar-refractivity contribution < 1.29 is 14.3 Å². The summed E-state index contributed by atoms with van der Waals surface area (Å²) in [5.74, 6) is 0.970. The molecule has 196 valence electrons. The van der Waals surface area contributed by atoms with Crippen LogP contribution in [0.25, 0.3) is 5.69 Å². The zero-order valence-corrected chi connectivity index (χ0v) is 22.2. The number of hydrogen-bond acceptors (Lipinski definition) is 8. The van der Waals surface area contributed by atoms with E-state index in [1.165, 1.54) is 4.90 Å². The zero-order chi connectivity index (χ0) is 26.7. The van der Waals surface area contributed by atoms with E-state index in [0.717, 1.165) is 11.4 Å². The molecular weight excluding hydrogens is 472 g/mol. The minimum absolute atomic E-state index is 0.148. The molecule has 3 aromatic rings. The Morgan fingerprint density at radius 3 is 2.68 bits per heavy atom. The van der Waals surface area contributed by atoms with Crippen molar-refractivity contribution in [3.63, 3.8) is 0 Å². The molecule has 11 nitrogen and oxygen atoms in total. The lowest BCUT2D eigenvalue weighted by Crippen LogP contribution is -2.33. The van der Waals surface area contributed by atoms with Crippen LogP contribution in [0.2, 0.25) is 0 Å². The molecule has 0 atom stereocenters. The number of benzene rings is 1. The van der Waals surface area contributed by atoms with Gasteiger partial charge in [-0.2, -0.15) is 4.98 Å². The maximum Gasteiger partial charge on any atom is 0.410 e. The van der Waals surface area contributed by atoms with Gasteiger partial charge < -0.3 is 29.3 Å². The number of imidazole rings is 1. The molecule has 0 spiro atoms. The number of ether oxygens (including phenoxy) is 1. The Balaban J connectivity index is 1.54. The average Bonchev–Trinajstić information content (AvgIpc) is 3.27. The van der Waals surface area contributed by atoms with Gasteiger partial charge in [0, 0.05) is 57.5 Å². The largest absolute Gasteiger partial charge is 0.444 e. The lowest BCUT2D eigenvalue weighted by atomic mass is 10.2. The summed E-state index contributed by atoms with van der Waals surface area (Å²) in [4.78, 5) is 44.3. The smallest absolute Gasteiger partial charge is 0.410 e. The molecule has 3 heterocycles. The first-order valence-electron chi connectivity index (χ1n) is 12.3. The van der Waals surface area contributed by atoms with Gasteiger partial charge in [-0.25, -0.2) is 14.8 Å². The molecule has 37 heavy (non-hydrogen) atoms. The highest BCUT2D eigenvalue weighted by Crippen LogP contribution is 2.27. The Bertz CT molecular complexity index is 1280. The van der Waals surface area contributed by atoms with Crippen LogP contribution in [-0.4, -0.2) is 75.8 Å². The minimum Gasteiger partial charge on any atom is -0.444 e. The highest BCUT2D eigenvalue weighted by Gasteiger charge is 2.28. The van der Waals surface area contributed by atoms with Gasteiger partial charge in [-0.15, -0.1) is 0 Å². The van der Waals surface area contributed by atoms with Gasteiger partial charge in [0.15, 0.2) is 0 Å². The van der Waals surface area contributed by atoms with Gasteiger partial charge in [0.1, 0.15) is 17.0 Å². The van der Waals surface area contributed by atoms with Crippen LogP contribution in [0.3, 0.4) is 0 Å². The lowest BCUT2D eigenvalue weighted by Gasteiger charge is -2.24. The van der Waals surface area contributed by atoms with E-state index in [4.69, 9.17) is 4.74 Å². The molecule has 1 aliphatic rings. The third-order valence-corrected chi connectivity index (χ3v) is 5.78. The van der Waals surface area contributed by atoms with Gasteiger partial charge in [-0.3, -0.25) is 4.79 Å². The van der Waals surface area contributed by atoms with Crippen molar-refractivity contribution in [3.8, 4) is 5.69 Å². The number of rotatable bonds is 6. The fraction of sp³-hybridized carbons (Fsp3) is 0.423. The van der Waals surface area contributed by atoms with Gasteiger partial charge in [0.2, 0.25) is 5.95 Å². The summed E-state index contributed by atoms with van der Waals surface area (Å²) in [7, 11) is 3.61. The van der Waals surface area contributed by atoms with Crippen molar-refractivity contribution in [1.29, 1.82) is 0 Å². The first kappa shape index (κ1) is 25.9. The van der Waals surface area contributed by atoms with E-state index in [1.54, 1.807) is 24.5 Å². The van der Waals surface area contributed by atoms with Crippen LogP contribution in [0.1, 0.15) is 43.7 Å². The monoisotopic (exact) mass is 506 g/mol. The molecule has 2 amide bonds. The Labute approximate surface area is 217 Å². The molecule has 1 aliphatic heterocycles. The van der Waals surface area contributed by atoms with E-state index in [2.05, 4.69) is 20.3 Å². The zero-order valence-electron chi connectivity index (χ0n) is 22.2. The second-order valence-corrected chi connectivity index (χ2v) is 9.97. The molecule has 0 aliphatic carbocycles. The summed E-state index contributed by atoms with van der Waals surface area (Å²) in [5.41, 5.74) is 2.23. The molecule has 2 aromatic heterocycles. The number of carbonyl (C=O) groups excluding carboxylic acids is 2. The van der Waals surface area contributed by atoms with Crippen LogP contribution in [-0.2, 0) is 11.3 Å². The minimum atomic E-state index is -0.563. The summed E-state index contributed by atoms with van der Waals surface area (Å²) in [5, 5.41) is 3.10. The molecule has 0 saturated carbocycles. The van der Waals surface area contributed by atoms with E-state index in [-0.39, 0.29) is 5.91 Å². The number of nitrogens with zero attached hydrogens (tertiary/aromatic N) is 7. The summed E-state index contributed by atoms with van der Waals surface area (Å²) in [6, 6.07) is 7.71. The quantitative estimate of drug-likeness (QED) is 0.541. The van der Waals surface area contributed by atoms with Crippen LogP contribution >= 0.6 is 0 Å². The number of likely N-dealkylation sites (N-methyl/N-ethyl adjacent to an activating group) is 1. The molecule has 0 radical (unpaired) electrons. The molecule has 0 bridgehead atoms. The highest BCUT2D eigenvalue weighted by molar-refractivity contribution is 6.09. The van der Waals surface area contributed by atoms with Gasteiger partial charge >= 0.3 is 6.09 Å². The first-order valence-corrected chi connectivity index (χ1v) is 12.3. The fourth-order valence-corrected chi connectivity index (χ4v) is 3.96.